The van der Waals surface area contributed by atoms with Gasteiger partial charge in [0.05, 0.1) is 17.7 Å². The number of carbonyl (C=O) groups is 1. The van der Waals surface area contributed by atoms with E-state index in [-0.39, 0.29) is 13.0 Å². The summed E-state index contributed by atoms with van der Waals surface area (Å²) in [7, 11) is 0. The van der Waals surface area contributed by atoms with Crippen molar-refractivity contribution in [1.82, 2.24) is 15.1 Å². The second-order valence-corrected chi connectivity index (χ2v) is 4.12. The second-order valence-electron chi connectivity index (χ2n) is 4.12. The zero-order valence-electron chi connectivity index (χ0n) is 9.00. The van der Waals surface area contributed by atoms with E-state index < -0.39 is 18.0 Å². The monoisotopic (exact) mass is 247 g/mol. The predicted molar refractivity (Wildman–Crippen MR) is 53.3 cm³/mol. The number of halogens is 3. The number of alkyl halides is 3. The SMILES string of the molecule is O=C(c1cn[nH]c1)N1CCC[C@H](C(F)(F)F)C1. The molecule has 7 heteroatoms. The number of carbonyl (C=O) groups excluding carboxylic acids is 1. The van der Waals surface area contributed by atoms with Crippen LogP contribution in [0.5, 0.6) is 0 Å². The molecule has 1 N–H and O–H groups in total. The van der Waals surface area contributed by atoms with Gasteiger partial charge in [-0.05, 0) is 12.8 Å². The highest BCUT2D eigenvalue weighted by Crippen LogP contribution is 2.33. The van der Waals surface area contributed by atoms with Gasteiger partial charge in [-0.25, -0.2) is 0 Å². The van der Waals surface area contributed by atoms with Crippen LogP contribution in [-0.4, -0.2) is 40.3 Å². The Labute approximate surface area is 95.8 Å². The molecule has 1 aromatic heterocycles. The molecule has 0 saturated carbocycles. The Balaban J connectivity index is 2.05. The van der Waals surface area contributed by atoms with Crippen molar-refractivity contribution < 1.29 is 18.0 Å². The molecule has 1 fully saturated rings. The lowest BCUT2D eigenvalue weighted by molar-refractivity contribution is -0.184. The van der Waals surface area contributed by atoms with Crippen LogP contribution in [0.4, 0.5) is 13.2 Å². The summed E-state index contributed by atoms with van der Waals surface area (Å²) in [4.78, 5) is 13.1. The van der Waals surface area contributed by atoms with Gasteiger partial charge in [0.15, 0.2) is 0 Å². The molecular weight excluding hydrogens is 235 g/mol. The van der Waals surface area contributed by atoms with Gasteiger partial charge in [-0.15, -0.1) is 0 Å². The Kier molecular flexibility index (Phi) is 3.08. The first-order chi connectivity index (χ1) is 7.98. The van der Waals surface area contributed by atoms with E-state index in [4.69, 9.17) is 0 Å². The van der Waals surface area contributed by atoms with Crippen LogP contribution in [0.25, 0.3) is 0 Å². The van der Waals surface area contributed by atoms with Crippen molar-refractivity contribution in [3.05, 3.63) is 18.0 Å². The fourth-order valence-corrected chi connectivity index (χ4v) is 1.98. The predicted octanol–water partition coefficient (Wildman–Crippen LogP) is 1.82. The molecule has 2 rings (SSSR count). The van der Waals surface area contributed by atoms with Gasteiger partial charge in [-0.3, -0.25) is 9.89 Å². The number of rotatable bonds is 1. The average molecular weight is 247 g/mol. The molecule has 0 spiro atoms. The third-order valence-corrected chi connectivity index (χ3v) is 2.92. The number of aromatic nitrogens is 2. The standard InChI is InChI=1S/C10H12F3N3O/c11-10(12,13)8-2-1-3-16(6-8)9(17)7-4-14-15-5-7/h4-5,8H,1-3,6H2,(H,14,15)/t8-/m0/s1. The molecule has 1 saturated heterocycles. The lowest BCUT2D eigenvalue weighted by Gasteiger charge is -2.33. The van der Waals surface area contributed by atoms with Crippen LogP contribution >= 0.6 is 0 Å². The Hall–Kier alpha value is -1.53. The van der Waals surface area contributed by atoms with Gasteiger partial charge in [-0.2, -0.15) is 18.3 Å². The van der Waals surface area contributed by atoms with Crippen molar-refractivity contribution in [1.29, 1.82) is 0 Å². The minimum Gasteiger partial charge on any atom is -0.338 e. The fourth-order valence-electron chi connectivity index (χ4n) is 1.98. The Morgan fingerprint density at radius 3 is 2.88 bits per heavy atom. The second kappa shape index (κ2) is 4.38. The van der Waals surface area contributed by atoms with E-state index in [9.17, 15) is 18.0 Å². The summed E-state index contributed by atoms with van der Waals surface area (Å²) in [6.45, 7) is 0.115. The summed E-state index contributed by atoms with van der Waals surface area (Å²) in [6.07, 6.45) is -1.04. The number of H-pyrrole nitrogens is 1. The lowest BCUT2D eigenvalue weighted by atomic mass is 9.97. The molecular formula is C10H12F3N3O. The summed E-state index contributed by atoms with van der Waals surface area (Å²) in [5, 5.41) is 6.08. The third kappa shape index (κ3) is 2.59. The quantitative estimate of drug-likeness (QED) is 0.823. The van der Waals surface area contributed by atoms with Gasteiger partial charge in [-0.1, -0.05) is 0 Å². The number of aromatic amines is 1. The summed E-state index contributed by atoms with van der Waals surface area (Å²) >= 11 is 0. The van der Waals surface area contributed by atoms with Crippen LogP contribution in [0.1, 0.15) is 23.2 Å². The lowest BCUT2D eigenvalue weighted by Crippen LogP contribution is -2.44. The summed E-state index contributed by atoms with van der Waals surface area (Å²) in [5.41, 5.74) is 0.299. The van der Waals surface area contributed by atoms with Crippen molar-refractivity contribution >= 4 is 5.91 Å². The van der Waals surface area contributed by atoms with Gasteiger partial charge in [0, 0.05) is 19.3 Å². The minimum atomic E-state index is -4.23. The smallest absolute Gasteiger partial charge is 0.338 e. The van der Waals surface area contributed by atoms with E-state index >= 15 is 0 Å². The van der Waals surface area contributed by atoms with Crippen molar-refractivity contribution in [2.45, 2.75) is 19.0 Å². The van der Waals surface area contributed by atoms with Gasteiger partial charge in [0.25, 0.3) is 5.91 Å². The molecule has 1 aliphatic heterocycles. The number of amides is 1. The first-order valence-corrected chi connectivity index (χ1v) is 5.33. The maximum absolute atomic E-state index is 12.6. The van der Waals surface area contributed by atoms with Crippen LogP contribution in [0.15, 0.2) is 12.4 Å². The zero-order valence-corrected chi connectivity index (χ0v) is 9.00. The normalized spacial score (nSPS) is 21.6. The highest BCUT2D eigenvalue weighted by atomic mass is 19.4. The van der Waals surface area contributed by atoms with Gasteiger partial charge in [0.2, 0.25) is 0 Å². The van der Waals surface area contributed by atoms with Crippen LogP contribution < -0.4 is 0 Å². The molecule has 4 nitrogen and oxygen atoms in total. The number of likely N-dealkylation sites (tertiary alicyclic amines) is 1. The van der Waals surface area contributed by atoms with E-state index in [1.54, 1.807) is 0 Å². The first-order valence-electron chi connectivity index (χ1n) is 5.33. The molecule has 1 amide bonds. The number of hydrogen-bond donors (Lipinski definition) is 1. The molecule has 0 radical (unpaired) electrons. The number of piperidine rings is 1. The van der Waals surface area contributed by atoms with Gasteiger partial charge in [0.1, 0.15) is 0 Å². The fraction of sp³-hybridized carbons (Fsp3) is 0.600. The van der Waals surface area contributed by atoms with E-state index in [0.29, 0.717) is 18.5 Å². The van der Waals surface area contributed by atoms with E-state index in [2.05, 4.69) is 10.2 Å². The Bertz CT molecular complexity index is 388. The van der Waals surface area contributed by atoms with Crippen molar-refractivity contribution in [2.75, 3.05) is 13.1 Å². The molecule has 1 atom stereocenters. The summed E-state index contributed by atoms with van der Waals surface area (Å²) in [6, 6.07) is 0. The Morgan fingerprint density at radius 1 is 1.53 bits per heavy atom. The summed E-state index contributed by atoms with van der Waals surface area (Å²) in [5.74, 6) is -1.81. The molecule has 2 heterocycles. The molecule has 1 aromatic rings. The number of nitrogens with one attached hydrogen (secondary N) is 1. The van der Waals surface area contributed by atoms with Crippen LogP contribution in [0, 0.1) is 5.92 Å². The highest BCUT2D eigenvalue weighted by Gasteiger charge is 2.42. The number of nitrogens with zero attached hydrogens (tertiary/aromatic N) is 2. The molecule has 17 heavy (non-hydrogen) atoms. The highest BCUT2D eigenvalue weighted by molar-refractivity contribution is 5.93. The maximum Gasteiger partial charge on any atom is 0.393 e. The number of hydrogen-bond acceptors (Lipinski definition) is 2. The molecule has 94 valence electrons. The topological polar surface area (TPSA) is 49.0 Å². The van der Waals surface area contributed by atoms with E-state index in [1.807, 2.05) is 0 Å². The molecule has 0 aliphatic carbocycles. The largest absolute Gasteiger partial charge is 0.393 e. The third-order valence-electron chi connectivity index (χ3n) is 2.92. The van der Waals surface area contributed by atoms with Gasteiger partial charge >= 0.3 is 6.18 Å². The van der Waals surface area contributed by atoms with E-state index in [1.165, 1.54) is 17.3 Å². The van der Waals surface area contributed by atoms with Crippen molar-refractivity contribution in [2.24, 2.45) is 5.92 Å². The molecule has 0 bridgehead atoms. The molecule has 1 aliphatic rings. The maximum atomic E-state index is 12.6. The zero-order chi connectivity index (χ0) is 12.5. The van der Waals surface area contributed by atoms with Crippen LogP contribution in [0.2, 0.25) is 0 Å². The van der Waals surface area contributed by atoms with Gasteiger partial charge < -0.3 is 4.90 Å². The Morgan fingerprint density at radius 2 is 2.29 bits per heavy atom. The average Bonchev–Trinajstić information content (AvgIpc) is 2.80. The minimum absolute atomic E-state index is 0.0959. The van der Waals surface area contributed by atoms with Crippen LogP contribution in [-0.2, 0) is 0 Å². The molecule has 0 unspecified atom stereocenters. The van der Waals surface area contributed by atoms with Crippen molar-refractivity contribution in [3.8, 4) is 0 Å². The molecule has 0 aromatic carbocycles. The first kappa shape index (κ1) is 11.9. The van der Waals surface area contributed by atoms with Crippen molar-refractivity contribution in [3.63, 3.8) is 0 Å². The van der Waals surface area contributed by atoms with E-state index in [0.717, 1.165) is 0 Å². The summed E-state index contributed by atoms with van der Waals surface area (Å²) < 4.78 is 37.7. The van der Waals surface area contributed by atoms with Crippen LogP contribution in [0.3, 0.4) is 0 Å².